The van der Waals surface area contributed by atoms with Crippen molar-refractivity contribution in [2.75, 3.05) is 24.7 Å². The van der Waals surface area contributed by atoms with Gasteiger partial charge in [-0.15, -0.1) is 0 Å². The Morgan fingerprint density at radius 3 is 1.92 bits per heavy atom. The number of anilines is 2. The van der Waals surface area contributed by atoms with Crippen LogP contribution in [0.2, 0.25) is 0 Å². The molecule has 0 bridgehead atoms. The van der Waals surface area contributed by atoms with E-state index in [-0.39, 0.29) is 0 Å². The second kappa shape index (κ2) is 3.63. The number of nitrogens with zero attached hydrogens (tertiary/aromatic N) is 1. The van der Waals surface area contributed by atoms with Crippen LogP contribution < -0.4 is 10.6 Å². The third-order valence-corrected chi connectivity index (χ3v) is 1.64. The summed E-state index contributed by atoms with van der Waals surface area (Å²) in [5, 5.41) is 14.6. The first kappa shape index (κ1) is 8.41. The van der Waals surface area contributed by atoms with Gasteiger partial charge < -0.3 is 10.6 Å². The first-order valence-electron chi connectivity index (χ1n) is 3.71. The third kappa shape index (κ3) is 1.67. The van der Waals surface area contributed by atoms with Crippen molar-refractivity contribution in [1.82, 2.24) is 0 Å². The van der Waals surface area contributed by atoms with E-state index >= 15 is 0 Å². The van der Waals surface area contributed by atoms with Crippen molar-refractivity contribution in [3.05, 3.63) is 23.8 Å². The summed E-state index contributed by atoms with van der Waals surface area (Å²) in [6, 6.07) is 7.65. The normalized spacial score (nSPS) is 8.75. The average Bonchev–Trinajstić information content (AvgIpc) is 2.16. The summed E-state index contributed by atoms with van der Waals surface area (Å²) in [5.41, 5.74) is 2.54. The minimum Gasteiger partial charge on any atom is -0.388 e. The van der Waals surface area contributed by atoms with Crippen LogP contribution in [0.3, 0.4) is 0 Å². The number of nitriles is 1. The van der Waals surface area contributed by atoms with Crippen LogP contribution in [0.25, 0.3) is 0 Å². The molecule has 0 spiro atoms. The summed E-state index contributed by atoms with van der Waals surface area (Å²) in [4.78, 5) is 0. The van der Waals surface area contributed by atoms with Crippen LogP contribution >= 0.6 is 0 Å². The predicted molar refractivity (Wildman–Crippen MR) is 50.3 cm³/mol. The molecule has 0 saturated carbocycles. The van der Waals surface area contributed by atoms with E-state index in [0.717, 1.165) is 11.4 Å². The molecule has 12 heavy (non-hydrogen) atoms. The predicted octanol–water partition coefficient (Wildman–Crippen LogP) is 1.64. The smallest absolute Gasteiger partial charge is 0.0993 e. The van der Waals surface area contributed by atoms with E-state index in [1.54, 1.807) is 12.1 Å². The molecule has 1 rings (SSSR count). The summed E-state index contributed by atoms with van der Waals surface area (Å²) >= 11 is 0. The second-order valence-electron chi connectivity index (χ2n) is 2.41. The molecule has 1 aromatic carbocycles. The third-order valence-electron chi connectivity index (χ3n) is 1.64. The van der Waals surface area contributed by atoms with Gasteiger partial charge >= 0.3 is 0 Å². The Morgan fingerprint density at radius 1 is 1.08 bits per heavy atom. The summed E-state index contributed by atoms with van der Waals surface area (Å²) in [5.74, 6) is 0. The zero-order chi connectivity index (χ0) is 8.97. The molecular formula is C9H11N3. The van der Waals surface area contributed by atoms with Crippen molar-refractivity contribution in [2.45, 2.75) is 0 Å². The van der Waals surface area contributed by atoms with Crippen molar-refractivity contribution in [3.8, 4) is 6.07 Å². The Kier molecular flexibility index (Phi) is 2.54. The number of hydrogen-bond acceptors (Lipinski definition) is 3. The molecule has 0 radical (unpaired) electrons. The number of nitrogens with one attached hydrogen (secondary N) is 2. The lowest BCUT2D eigenvalue weighted by atomic mass is 10.2. The topological polar surface area (TPSA) is 47.9 Å². The van der Waals surface area contributed by atoms with E-state index in [0.29, 0.717) is 5.56 Å². The van der Waals surface area contributed by atoms with Crippen LogP contribution in [0.15, 0.2) is 18.2 Å². The zero-order valence-corrected chi connectivity index (χ0v) is 7.18. The van der Waals surface area contributed by atoms with Crippen LogP contribution in [0.5, 0.6) is 0 Å². The van der Waals surface area contributed by atoms with Crippen LogP contribution in [-0.2, 0) is 0 Å². The average molecular weight is 161 g/mol. The Hall–Kier alpha value is -1.69. The second-order valence-corrected chi connectivity index (χ2v) is 2.41. The van der Waals surface area contributed by atoms with Crippen LogP contribution in [-0.4, -0.2) is 14.1 Å². The zero-order valence-electron chi connectivity index (χ0n) is 7.18. The number of hydrogen-bond donors (Lipinski definition) is 2. The molecule has 0 unspecified atom stereocenters. The van der Waals surface area contributed by atoms with E-state index in [1.807, 2.05) is 20.2 Å². The summed E-state index contributed by atoms with van der Waals surface area (Å²) in [6.45, 7) is 0. The highest BCUT2D eigenvalue weighted by molar-refractivity contribution is 5.61. The molecule has 0 saturated heterocycles. The van der Waals surface area contributed by atoms with Crippen LogP contribution in [0.1, 0.15) is 5.56 Å². The molecular weight excluding hydrogens is 150 g/mol. The van der Waals surface area contributed by atoms with Gasteiger partial charge in [0.2, 0.25) is 0 Å². The van der Waals surface area contributed by atoms with E-state index < -0.39 is 0 Å². The van der Waals surface area contributed by atoms with E-state index in [1.165, 1.54) is 0 Å². The van der Waals surface area contributed by atoms with Crippen molar-refractivity contribution in [2.24, 2.45) is 0 Å². The Labute approximate surface area is 72.0 Å². The maximum absolute atomic E-state index is 8.67. The van der Waals surface area contributed by atoms with Gasteiger partial charge in [-0.2, -0.15) is 5.26 Å². The SMILES string of the molecule is CNc1cc(C#N)cc(NC)c1. The van der Waals surface area contributed by atoms with Crippen LogP contribution in [0.4, 0.5) is 11.4 Å². The molecule has 2 N–H and O–H groups in total. The Bertz CT molecular complexity index is 290. The standard InChI is InChI=1S/C9H11N3/c1-11-8-3-7(6-10)4-9(5-8)12-2/h3-5,11-12H,1-2H3. The van der Waals surface area contributed by atoms with Crippen molar-refractivity contribution < 1.29 is 0 Å². The molecule has 0 amide bonds. The fourth-order valence-corrected chi connectivity index (χ4v) is 0.981. The maximum Gasteiger partial charge on any atom is 0.0993 e. The molecule has 0 heterocycles. The monoisotopic (exact) mass is 161 g/mol. The highest BCUT2D eigenvalue weighted by Crippen LogP contribution is 2.17. The minimum atomic E-state index is 0.659. The van der Waals surface area contributed by atoms with Crippen molar-refractivity contribution >= 4 is 11.4 Å². The summed E-state index contributed by atoms with van der Waals surface area (Å²) in [6.07, 6.45) is 0. The molecule has 3 heteroatoms. The molecule has 0 aliphatic carbocycles. The van der Waals surface area contributed by atoms with Crippen LogP contribution in [0, 0.1) is 11.3 Å². The van der Waals surface area contributed by atoms with E-state index in [2.05, 4.69) is 16.7 Å². The van der Waals surface area contributed by atoms with Crippen molar-refractivity contribution in [3.63, 3.8) is 0 Å². The highest BCUT2D eigenvalue weighted by atomic mass is 14.8. The fraction of sp³-hybridized carbons (Fsp3) is 0.222. The van der Waals surface area contributed by atoms with Gasteiger partial charge in [-0.1, -0.05) is 0 Å². The Morgan fingerprint density at radius 2 is 1.58 bits per heavy atom. The molecule has 3 nitrogen and oxygen atoms in total. The molecule has 62 valence electrons. The summed E-state index contributed by atoms with van der Waals surface area (Å²) < 4.78 is 0. The fourth-order valence-electron chi connectivity index (χ4n) is 0.981. The van der Waals surface area contributed by atoms with Gasteiger partial charge in [0.25, 0.3) is 0 Å². The number of rotatable bonds is 2. The lowest BCUT2D eigenvalue weighted by Gasteiger charge is -2.04. The molecule has 0 aromatic heterocycles. The number of benzene rings is 1. The van der Waals surface area contributed by atoms with E-state index in [4.69, 9.17) is 5.26 Å². The molecule has 0 aliphatic rings. The highest BCUT2D eigenvalue weighted by Gasteiger charge is 1.96. The molecule has 0 aliphatic heterocycles. The van der Waals surface area contributed by atoms with Crippen molar-refractivity contribution in [1.29, 1.82) is 5.26 Å². The molecule has 0 atom stereocenters. The van der Waals surface area contributed by atoms with Gasteiger partial charge in [0.15, 0.2) is 0 Å². The minimum absolute atomic E-state index is 0.659. The van der Waals surface area contributed by atoms with E-state index in [9.17, 15) is 0 Å². The van der Waals surface area contributed by atoms with Gasteiger partial charge in [-0.3, -0.25) is 0 Å². The lowest BCUT2D eigenvalue weighted by Crippen LogP contribution is -1.93. The van der Waals surface area contributed by atoms with Gasteiger partial charge in [0.1, 0.15) is 0 Å². The van der Waals surface area contributed by atoms with Gasteiger partial charge in [-0.05, 0) is 18.2 Å². The lowest BCUT2D eigenvalue weighted by molar-refractivity contribution is 1.43. The largest absolute Gasteiger partial charge is 0.388 e. The van der Waals surface area contributed by atoms with Gasteiger partial charge in [0, 0.05) is 25.5 Å². The molecule has 0 fully saturated rings. The summed E-state index contributed by atoms with van der Waals surface area (Å²) in [7, 11) is 3.66. The Balaban J connectivity index is 3.12. The molecule has 1 aromatic rings. The first-order chi connectivity index (χ1) is 5.80. The maximum atomic E-state index is 8.67. The van der Waals surface area contributed by atoms with Gasteiger partial charge in [0.05, 0.1) is 11.6 Å². The van der Waals surface area contributed by atoms with Gasteiger partial charge in [-0.25, -0.2) is 0 Å². The quantitative estimate of drug-likeness (QED) is 0.693. The first-order valence-corrected chi connectivity index (χ1v) is 3.71.